The van der Waals surface area contributed by atoms with Gasteiger partial charge in [0.2, 0.25) is 0 Å². The summed E-state index contributed by atoms with van der Waals surface area (Å²) in [4.78, 5) is 2.50. The first-order chi connectivity index (χ1) is 12.7. The Morgan fingerprint density at radius 1 is 1.27 bits per heavy atom. The predicted octanol–water partition coefficient (Wildman–Crippen LogP) is 4.11. The Morgan fingerprint density at radius 2 is 2.08 bits per heavy atom. The van der Waals surface area contributed by atoms with E-state index in [2.05, 4.69) is 33.3 Å². The molecule has 1 saturated heterocycles. The van der Waals surface area contributed by atoms with Crippen LogP contribution in [0.5, 0.6) is 5.75 Å². The van der Waals surface area contributed by atoms with Crippen molar-refractivity contribution in [3.63, 3.8) is 0 Å². The minimum atomic E-state index is 0.702. The largest absolute Gasteiger partial charge is 0.497 e. The lowest BCUT2D eigenvalue weighted by molar-refractivity contribution is 0.182. The van der Waals surface area contributed by atoms with Crippen LogP contribution in [-0.4, -0.2) is 52.2 Å². The molecule has 1 aromatic carbocycles. The molecule has 140 valence electrons. The van der Waals surface area contributed by atoms with Crippen molar-refractivity contribution < 1.29 is 4.74 Å². The van der Waals surface area contributed by atoms with Crippen molar-refractivity contribution in [1.82, 2.24) is 19.7 Å². The standard InChI is InChI=1S/C20H28N4OS/c1-4-13-24-19(16-8-10-18(25-3)11-9-16)21-22-20(24)26-15-12-17-7-5-6-14-23(17)2/h4,8-11,17H,1,5-7,12-15H2,2-3H3. The molecule has 26 heavy (non-hydrogen) atoms. The third-order valence-electron chi connectivity index (χ3n) is 4.98. The van der Waals surface area contributed by atoms with Crippen molar-refractivity contribution in [2.24, 2.45) is 0 Å². The maximum absolute atomic E-state index is 5.24. The minimum absolute atomic E-state index is 0.702. The third kappa shape index (κ3) is 4.48. The lowest BCUT2D eigenvalue weighted by Gasteiger charge is -2.32. The van der Waals surface area contributed by atoms with E-state index >= 15 is 0 Å². The quantitative estimate of drug-likeness (QED) is 0.515. The summed E-state index contributed by atoms with van der Waals surface area (Å²) in [6.45, 7) is 5.82. The van der Waals surface area contributed by atoms with Crippen LogP contribution in [0.3, 0.4) is 0 Å². The number of benzene rings is 1. The molecule has 5 nitrogen and oxygen atoms in total. The van der Waals surface area contributed by atoms with Crippen LogP contribution in [-0.2, 0) is 6.54 Å². The third-order valence-corrected chi connectivity index (χ3v) is 5.98. The van der Waals surface area contributed by atoms with Gasteiger partial charge in [0.25, 0.3) is 0 Å². The topological polar surface area (TPSA) is 43.2 Å². The van der Waals surface area contributed by atoms with Gasteiger partial charge < -0.3 is 9.64 Å². The summed E-state index contributed by atoms with van der Waals surface area (Å²) in [7, 11) is 3.92. The van der Waals surface area contributed by atoms with Gasteiger partial charge >= 0.3 is 0 Å². The first-order valence-corrected chi connectivity index (χ1v) is 10.2. The Labute approximate surface area is 160 Å². The highest BCUT2D eigenvalue weighted by molar-refractivity contribution is 7.99. The van der Waals surface area contributed by atoms with E-state index in [1.54, 1.807) is 18.9 Å². The lowest BCUT2D eigenvalue weighted by atomic mass is 10.0. The number of hydrogen-bond acceptors (Lipinski definition) is 5. The summed E-state index contributed by atoms with van der Waals surface area (Å²) in [5, 5.41) is 9.84. The summed E-state index contributed by atoms with van der Waals surface area (Å²) in [6, 6.07) is 8.65. The fourth-order valence-corrected chi connectivity index (χ4v) is 4.43. The highest BCUT2D eigenvalue weighted by atomic mass is 32.2. The van der Waals surface area contributed by atoms with Crippen molar-refractivity contribution in [2.45, 2.75) is 43.4 Å². The average Bonchev–Trinajstić information content (AvgIpc) is 3.06. The summed E-state index contributed by atoms with van der Waals surface area (Å²) in [6.07, 6.45) is 7.09. The van der Waals surface area contributed by atoms with E-state index < -0.39 is 0 Å². The molecule has 1 aliphatic heterocycles. The molecule has 0 radical (unpaired) electrons. The fourth-order valence-electron chi connectivity index (χ4n) is 3.44. The van der Waals surface area contributed by atoms with Gasteiger partial charge in [0, 0.05) is 23.9 Å². The molecule has 0 N–H and O–H groups in total. The number of likely N-dealkylation sites (tertiary alicyclic amines) is 1. The normalized spacial score (nSPS) is 18.0. The average molecular weight is 373 g/mol. The molecule has 3 rings (SSSR count). The van der Waals surface area contributed by atoms with E-state index in [1.807, 2.05) is 30.3 Å². The lowest BCUT2D eigenvalue weighted by Crippen LogP contribution is -2.36. The van der Waals surface area contributed by atoms with Crippen LogP contribution in [0, 0.1) is 0 Å². The van der Waals surface area contributed by atoms with E-state index in [1.165, 1.54) is 32.2 Å². The molecule has 6 heteroatoms. The Balaban J connectivity index is 1.69. The molecule has 0 aliphatic carbocycles. The monoisotopic (exact) mass is 372 g/mol. The molecule has 1 unspecified atom stereocenters. The van der Waals surface area contributed by atoms with Crippen LogP contribution >= 0.6 is 11.8 Å². The highest BCUT2D eigenvalue weighted by Crippen LogP contribution is 2.27. The molecular weight excluding hydrogens is 344 g/mol. The SMILES string of the molecule is C=CCn1c(SCCC2CCCCN2C)nnc1-c1ccc(OC)cc1. The van der Waals surface area contributed by atoms with Gasteiger partial charge in [-0.15, -0.1) is 16.8 Å². The number of methoxy groups -OCH3 is 1. The van der Waals surface area contributed by atoms with E-state index in [-0.39, 0.29) is 0 Å². The first kappa shape index (κ1) is 19.0. The molecule has 0 amide bonds. The Bertz CT molecular complexity index is 713. The summed E-state index contributed by atoms with van der Waals surface area (Å²) in [5.41, 5.74) is 1.04. The minimum Gasteiger partial charge on any atom is -0.497 e. The number of allylic oxidation sites excluding steroid dienone is 1. The molecule has 1 atom stereocenters. The summed E-state index contributed by atoms with van der Waals surface area (Å²) >= 11 is 1.80. The second kappa shape index (κ2) is 9.24. The van der Waals surface area contributed by atoms with Gasteiger partial charge in [-0.05, 0) is 57.1 Å². The molecule has 2 heterocycles. The molecule has 1 aromatic heterocycles. The molecule has 0 bridgehead atoms. The van der Waals surface area contributed by atoms with Gasteiger partial charge in [-0.1, -0.05) is 24.3 Å². The molecule has 0 spiro atoms. The van der Waals surface area contributed by atoms with Crippen molar-refractivity contribution in [2.75, 3.05) is 26.5 Å². The van der Waals surface area contributed by atoms with Crippen molar-refractivity contribution >= 4 is 11.8 Å². The molecule has 1 aliphatic rings. The second-order valence-corrected chi connectivity index (χ2v) is 7.76. The number of ether oxygens (including phenoxy) is 1. The molecule has 1 fully saturated rings. The maximum atomic E-state index is 5.24. The molecule has 2 aromatic rings. The van der Waals surface area contributed by atoms with Gasteiger partial charge in [0.15, 0.2) is 11.0 Å². The van der Waals surface area contributed by atoms with Crippen LogP contribution in [0.25, 0.3) is 11.4 Å². The summed E-state index contributed by atoms with van der Waals surface area (Å²) in [5.74, 6) is 2.78. The zero-order valence-corrected chi connectivity index (χ0v) is 16.5. The number of thioether (sulfide) groups is 1. The van der Waals surface area contributed by atoms with Crippen LogP contribution in [0.1, 0.15) is 25.7 Å². The number of nitrogens with zero attached hydrogens (tertiary/aromatic N) is 4. The van der Waals surface area contributed by atoms with Crippen LogP contribution in [0.2, 0.25) is 0 Å². The zero-order valence-electron chi connectivity index (χ0n) is 15.7. The van der Waals surface area contributed by atoms with E-state index in [9.17, 15) is 0 Å². The Morgan fingerprint density at radius 3 is 2.77 bits per heavy atom. The predicted molar refractivity (Wildman–Crippen MR) is 108 cm³/mol. The van der Waals surface area contributed by atoms with Gasteiger partial charge in [-0.2, -0.15) is 0 Å². The van der Waals surface area contributed by atoms with Gasteiger partial charge in [-0.25, -0.2) is 0 Å². The van der Waals surface area contributed by atoms with Gasteiger partial charge in [0.1, 0.15) is 5.75 Å². The smallest absolute Gasteiger partial charge is 0.191 e. The molecular formula is C20H28N4OS. The fraction of sp³-hybridized carbons (Fsp3) is 0.500. The van der Waals surface area contributed by atoms with Crippen LogP contribution in [0.4, 0.5) is 0 Å². The number of aromatic nitrogens is 3. The van der Waals surface area contributed by atoms with E-state index in [4.69, 9.17) is 4.74 Å². The second-order valence-electron chi connectivity index (χ2n) is 6.70. The number of piperidine rings is 1. The summed E-state index contributed by atoms with van der Waals surface area (Å²) < 4.78 is 7.38. The van der Waals surface area contributed by atoms with E-state index in [0.717, 1.165) is 28.0 Å². The Hall–Kier alpha value is -1.79. The number of hydrogen-bond donors (Lipinski definition) is 0. The van der Waals surface area contributed by atoms with Crippen LogP contribution < -0.4 is 4.74 Å². The highest BCUT2D eigenvalue weighted by Gasteiger charge is 2.19. The van der Waals surface area contributed by atoms with Gasteiger partial charge in [0.05, 0.1) is 7.11 Å². The van der Waals surface area contributed by atoms with Crippen molar-refractivity contribution in [3.8, 4) is 17.1 Å². The van der Waals surface area contributed by atoms with Gasteiger partial charge in [-0.3, -0.25) is 4.57 Å². The first-order valence-electron chi connectivity index (χ1n) is 9.24. The zero-order chi connectivity index (χ0) is 18.4. The van der Waals surface area contributed by atoms with E-state index in [0.29, 0.717) is 12.6 Å². The van der Waals surface area contributed by atoms with Crippen molar-refractivity contribution in [1.29, 1.82) is 0 Å². The molecule has 0 saturated carbocycles. The van der Waals surface area contributed by atoms with Crippen molar-refractivity contribution in [3.05, 3.63) is 36.9 Å². The maximum Gasteiger partial charge on any atom is 0.191 e. The van der Waals surface area contributed by atoms with Crippen LogP contribution in [0.15, 0.2) is 42.1 Å². The Kier molecular flexibility index (Phi) is 6.74. The number of rotatable bonds is 8.